The van der Waals surface area contributed by atoms with Crippen molar-refractivity contribution in [3.8, 4) is 0 Å². The zero-order chi connectivity index (χ0) is 11.1. The summed E-state index contributed by atoms with van der Waals surface area (Å²) >= 11 is 3.32. The average Bonchev–Trinajstić information content (AvgIpc) is 2.18. The third kappa shape index (κ3) is 4.95. The van der Waals surface area contributed by atoms with E-state index >= 15 is 0 Å². The highest BCUT2D eigenvalue weighted by Crippen LogP contribution is 2.04. The highest BCUT2D eigenvalue weighted by molar-refractivity contribution is 9.09. The van der Waals surface area contributed by atoms with Gasteiger partial charge in [-0.05, 0) is 5.56 Å². The zero-order valence-corrected chi connectivity index (χ0v) is 9.98. The van der Waals surface area contributed by atoms with Crippen LogP contribution < -0.4 is 0 Å². The number of alkyl halides is 1. The van der Waals surface area contributed by atoms with E-state index in [4.69, 9.17) is 5.11 Å². The minimum absolute atomic E-state index is 0.0838. The van der Waals surface area contributed by atoms with E-state index in [1.54, 1.807) is 0 Å². The van der Waals surface area contributed by atoms with E-state index in [1.807, 2.05) is 35.2 Å². The van der Waals surface area contributed by atoms with Gasteiger partial charge in [0.05, 0.1) is 6.54 Å². The molecule has 0 heterocycles. The second-order valence-electron chi connectivity index (χ2n) is 3.28. The Morgan fingerprint density at radius 3 is 2.53 bits per heavy atom. The van der Waals surface area contributed by atoms with Crippen LogP contribution in [-0.4, -0.2) is 34.4 Å². The molecule has 1 rings (SSSR count). The van der Waals surface area contributed by atoms with Gasteiger partial charge in [-0.25, -0.2) is 0 Å². The molecule has 0 fully saturated rings. The minimum atomic E-state index is -0.785. The van der Waals surface area contributed by atoms with Gasteiger partial charge in [-0.2, -0.15) is 0 Å². The van der Waals surface area contributed by atoms with Crippen LogP contribution in [0.2, 0.25) is 0 Å². The number of carboxylic acids is 1. The lowest BCUT2D eigenvalue weighted by atomic mass is 10.2. The fraction of sp³-hybridized carbons (Fsp3) is 0.364. The Labute approximate surface area is 97.8 Å². The Bertz CT molecular complexity index is 303. The van der Waals surface area contributed by atoms with Crippen LogP contribution in [0.5, 0.6) is 0 Å². The number of aliphatic carboxylic acids is 1. The molecule has 0 unspecified atom stereocenters. The van der Waals surface area contributed by atoms with Gasteiger partial charge in [-0.3, -0.25) is 9.69 Å². The van der Waals surface area contributed by atoms with Crippen LogP contribution in [-0.2, 0) is 11.3 Å². The first kappa shape index (κ1) is 12.2. The van der Waals surface area contributed by atoms with E-state index in [1.165, 1.54) is 0 Å². The van der Waals surface area contributed by atoms with Crippen molar-refractivity contribution in [2.75, 3.05) is 18.4 Å². The third-order valence-corrected chi connectivity index (χ3v) is 2.36. The summed E-state index contributed by atoms with van der Waals surface area (Å²) in [4.78, 5) is 12.5. The van der Waals surface area contributed by atoms with Crippen LogP contribution in [0.1, 0.15) is 5.56 Å². The quantitative estimate of drug-likeness (QED) is 0.805. The number of halogens is 1. The van der Waals surface area contributed by atoms with Crippen LogP contribution in [0.3, 0.4) is 0 Å². The molecule has 82 valence electrons. The van der Waals surface area contributed by atoms with Crippen LogP contribution in [0.25, 0.3) is 0 Å². The van der Waals surface area contributed by atoms with Crippen molar-refractivity contribution in [1.29, 1.82) is 0 Å². The zero-order valence-electron chi connectivity index (χ0n) is 8.40. The maximum Gasteiger partial charge on any atom is 0.317 e. The van der Waals surface area contributed by atoms with E-state index in [-0.39, 0.29) is 6.54 Å². The standard InChI is InChI=1S/C11H14BrNO2/c12-6-7-13(9-11(14)15)8-10-4-2-1-3-5-10/h1-5H,6-9H2,(H,14,15). The summed E-state index contributed by atoms with van der Waals surface area (Å²) in [5, 5.41) is 9.52. The van der Waals surface area contributed by atoms with E-state index in [0.29, 0.717) is 6.54 Å². The maximum atomic E-state index is 10.6. The molecule has 1 N–H and O–H groups in total. The fourth-order valence-corrected chi connectivity index (χ4v) is 1.87. The van der Waals surface area contributed by atoms with Gasteiger partial charge in [-0.1, -0.05) is 46.3 Å². The lowest BCUT2D eigenvalue weighted by molar-refractivity contribution is -0.138. The Hall–Kier alpha value is -0.870. The van der Waals surface area contributed by atoms with Crippen LogP contribution in [0.4, 0.5) is 0 Å². The number of nitrogens with zero attached hydrogens (tertiary/aromatic N) is 1. The molecule has 4 heteroatoms. The molecule has 15 heavy (non-hydrogen) atoms. The van der Waals surface area contributed by atoms with E-state index in [0.717, 1.165) is 17.4 Å². The molecule has 0 spiro atoms. The lowest BCUT2D eigenvalue weighted by Crippen LogP contribution is -2.30. The van der Waals surface area contributed by atoms with Gasteiger partial charge < -0.3 is 5.11 Å². The minimum Gasteiger partial charge on any atom is -0.480 e. The predicted octanol–water partition coefficient (Wildman–Crippen LogP) is 1.97. The molecule has 0 aliphatic rings. The summed E-state index contributed by atoms with van der Waals surface area (Å²) in [5.74, 6) is -0.785. The Balaban J connectivity index is 2.54. The fourth-order valence-electron chi connectivity index (χ4n) is 1.37. The molecule has 0 amide bonds. The number of hydrogen-bond acceptors (Lipinski definition) is 2. The van der Waals surface area contributed by atoms with Gasteiger partial charge in [0.25, 0.3) is 0 Å². The number of carbonyl (C=O) groups is 1. The van der Waals surface area contributed by atoms with Gasteiger partial charge in [-0.15, -0.1) is 0 Å². The first-order valence-corrected chi connectivity index (χ1v) is 5.88. The number of rotatable bonds is 6. The summed E-state index contributed by atoms with van der Waals surface area (Å²) in [6.45, 7) is 1.50. The van der Waals surface area contributed by atoms with Gasteiger partial charge in [0.1, 0.15) is 0 Å². The van der Waals surface area contributed by atoms with E-state index in [9.17, 15) is 4.79 Å². The molecule has 0 radical (unpaired) electrons. The molecule has 0 aliphatic heterocycles. The number of benzene rings is 1. The van der Waals surface area contributed by atoms with Crippen molar-refractivity contribution in [3.63, 3.8) is 0 Å². The maximum absolute atomic E-state index is 10.6. The second-order valence-corrected chi connectivity index (χ2v) is 4.07. The second kappa shape index (κ2) is 6.58. The van der Waals surface area contributed by atoms with Crippen molar-refractivity contribution >= 4 is 21.9 Å². The number of hydrogen-bond donors (Lipinski definition) is 1. The Morgan fingerprint density at radius 2 is 2.00 bits per heavy atom. The Morgan fingerprint density at radius 1 is 1.33 bits per heavy atom. The lowest BCUT2D eigenvalue weighted by Gasteiger charge is -2.18. The predicted molar refractivity (Wildman–Crippen MR) is 63.1 cm³/mol. The summed E-state index contributed by atoms with van der Waals surface area (Å²) in [6.07, 6.45) is 0. The van der Waals surface area contributed by atoms with Crippen LogP contribution in [0, 0.1) is 0 Å². The van der Waals surface area contributed by atoms with Crippen LogP contribution >= 0.6 is 15.9 Å². The van der Waals surface area contributed by atoms with E-state index < -0.39 is 5.97 Å². The molecular formula is C11H14BrNO2. The molecule has 3 nitrogen and oxygen atoms in total. The van der Waals surface area contributed by atoms with Gasteiger partial charge in [0, 0.05) is 18.4 Å². The van der Waals surface area contributed by atoms with Crippen molar-refractivity contribution in [1.82, 2.24) is 4.90 Å². The molecule has 0 saturated carbocycles. The van der Waals surface area contributed by atoms with Gasteiger partial charge in [0.15, 0.2) is 0 Å². The smallest absolute Gasteiger partial charge is 0.317 e. The normalized spacial score (nSPS) is 10.5. The summed E-state index contributed by atoms with van der Waals surface area (Å²) in [7, 11) is 0. The van der Waals surface area contributed by atoms with Crippen molar-refractivity contribution in [2.45, 2.75) is 6.54 Å². The summed E-state index contributed by atoms with van der Waals surface area (Å²) in [6, 6.07) is 9.88. The van der Waals surface area contributed by atoms with Gasteiger partial charge in [0.2, 0.25) is 0 Å². The SMILES string of the molecule is O=C(O)CN(CCBr)Cc1ccccc1. The van der Waals surface area contributed by atoms with E-state index in [2.05, 4.69) is 15.9 Å². The monoisotopic (exact) mass is 271 g/mol. The van der Waals surface area contributed by atoms with Gasteiger partial charge >= 0.3 is 5.97 Å². The molecular weight excluding hydrogens is 258 g/mol. The molecule has 0 aromatic heterocycles. The first-order chi connectivity index (χ1) is 7.22. The third-order valence-electron chi connectivity index (χ3n) is 2.01. The topological polar surface area (TPSA) is 40.5 Å². The molecule has 1 aromatic carbocycles. The largest absolute Gasteiger partial charge is 0.480 e. The summed E-state index contributed by atoms with van der Waals surface area (Å²) < 4.78 is 0. The summed E-state index contributed by atoms with van der Waals surface area (Å²) in [5.41, 5.74) is 1.14. The highest BCUT2D eigenvalue weighted by atomic mass is 79.9. The molecule has 0 aliphatic carbocycles. The van der Waals surface area contributed by atoms with Crippen molar-refractivity contribution in [3.05, 3.63) is 35.9 Å². The number of carboxylic acid groups (broad SMARTS) is 1. The van der Waals surface area contributed by atoms with Crippen LogP contribution in [0.15, 0.2) is 30.3 Å². The molecule has 0 saturated heterocycles. The van der Waals surface area contributed by atoms with Crippen molar-refractivity contribution in [2.24, 2.45) is 0 Å². The molecule has 0 atom stereocenters. The molecule has 0 bridgehead atoms. The first-order valence-electron chi connectivity index (χ1n) is 4.76. The molecule has 1 aromatic rings. The average molecular weight is 272 g/mol. The van der Waals surface area contributed by atoms with Crippen molar-refractivity contribution < 1.29 is 9.90 Å². The Kier molecular flexibility index (Phi) is 5.36. The highest BCUT2D eigenvalue weighted by Gasteiger charge is 2.08.